The second-order valence-corrected chi connectivity index (χ2v) is 5.05. The van der Waals surface area contributed by atoms with Gasteiger partial charge in [0.1, 0.15) is 11.6 Å². The first-order valence-corrected chi connectivity index (χ1v) is 7.21. The monoisotopic (exact) mass is 295 g/mol. The minimum atomic E-state index is -0.241. The Hall–Kier alpha value is -1.39. The van der Waals surface area contributed by atoms with E-state index in [0.717, 1.165) is 18.9 Å². The molecule has 0 spiro atoms. The lowest BCUT2D eigenvalue weighted by molar-refractivity contribution is 0.492. The molecule has 5 heteroatoms. The number of hydrogen-bond donors (Lipinski definition) is 1. The van der Waals surface area contributed by atoms with E-state index in [9.17, 15) is 4.39 Å². The van der Waals surface area contributed by atoms with E-state index in [2.05, 4.69) is 21.8 Å². The number of rotatable bonds is 6. The van der Waals surface area contributed by atoms with E-state index >= 15 is 0 Å². The van der Waals surface area contributed by atoms with Gasteiger partial charge >= 0.3 is 0 Å². The van der Waals surface area contributed by atoms with Gasteiger partial charge in [0.25, 0.3) is 0 Å². The van der Waals surface area contributed by atoms with Gasteiger partial charge in [0.2, 0.25) is 0 Å². The fourth-order valence-corrected chi connectivity index (χ4v) is 2.50. The first-order valence-electron chi connectivity index (χ1n) is 6.84. The Balaban J connectivity index is 2.29. The number of imidazole rings is 1. The molecule has 0 fully saturated rings. The molecule has 0 aliphatic heterocycles. The van der Waals surface area contributed by atoms with Gasteiger partial charge in [-0.2, -0.15) is 0 Å². The summed E-state index contributed by atoms with van der Waals surface area (Å²) in [6.07, 6.45) is 4.34. The molecule has 2 rings (SSSR count). The fourth-order valence-electron chi connectivity index (χ4n) is 2.32. The third-order valence-corrected chi connectivity index (χ3v) is 3.55. The van der Waals surface area contributed by atoms with Gasteiger partial charge in [0, 0.05) is 42.0 Å². The van der Waals surface area contributed by atoms with Gasteiger partial charge in [-0.15, -0.1) is 0 Å². The smallest absolute Gasteiger partial charge is 0.128 e. The number of likely N-dealkylation sites (N-methyl/N-ethyl adjacent to an activating group) is 1. The molecule has 2 aromatic rings. The Morgan fingerprint density at radius 3 is 2.90 bits per heavy atom. The number of halogens is 2. The summed E-state index contributed by atoms with van der Waals surface area (Å²) < 4.78 is 16.1. The highest BCUT2D eigenvalue weighted by atomic mass is 35.5. The maximum absolute atomic E-state index is 14.0. The van der Waals surface area contributed by atoms with E-state index in [1.165, 1.54) is 6.07 Å². The number of benzene rings is 1. The molecule has 1 aromatic carbocycles. The molecule has 108 valence electrons. The molecule has 0 bridgehead atoms. The zero-order valence-electron chi connectivity index (χ0n) is 11.7. The molecule has 1 unspecified atom stereocenters. The predicted molar refractivity (Wildman–Crippen MR) is 79.4 cm³/mol. The zero-order valence-corrected chi connectivity index (χ0v) is 12.5. The molecule has 0 radical (unpaired) electrons. The molecule has 0 saturated heterocycles. The summed E-state index contributed by atoms with van der Waals surface area (Å²) >= 11 is 5.99. The van der Waals surface area contributed by atoms with Crippen LogP contribution < -0.4 is 5.32 Å². The van der Waals surface area contributed by atoms with Crippen molar-refractivity contribution in [2.45, 2.75) is 32.9 Å². The lowest BCUT2D eigenvalue weighted by Crippen LogP contribution is -2.25. The van der Waals surface area contributed by atoms with Gasteiger partial charge in [-0.1, -0.05) is 18.5 Å². The maximum Gasteiger partial charge on any atom is 0.128 e. The van der Waals surface area contributed by atoms with Crippen molar-refractivity contribution in [3.8, 4) is 0 Å². The Labute approximate surface area is 123 Å². The van der Waals surface area contributed by atoms with Crippen LogP contribution in [0.25, 0.3) is 0 Å². The van der Waals surface area contributed by atoms with Gasteiger partial charge in [0.15, 0.2) is 0 Å². The maximum atomic E-state index is 14.0. The average Bonchev–Trinajstić information content (AvgIpc) is 2.88. The summed E-state index contributed by atoms with van der Waals surface area (Å²) in [6, 6.07) is 4.53. The second kappa shape index (κ2) is 6.86. The van der Waals surface area contributed by atoms with Crippen molar-refractivity contribution >= 4 is 11.6 Å². The number of nitrogens with one attached hydrogen (secondary N) is 1. The van der Waals surface area contributed by atoms with Crippen LogP contribution in [0.3, 0.4) is 0 Å². The zero-order chi connectivity index (χ0) is 14.5. The minimum absolute atomic E-state index is 0.133. The van der Waals surface area contributed by atoms with Gasteiger partial charge in [-0.05, 0) is 31.7 Å². The van der Waals surface area contributed by atoms with Crippen molar-refractivity contribution in [2.24, 2.45) is 0 Å². The summed E-state index contributed by atoms with van der Waals surface area (Å²) in [7, 11) is 0. The van der Waals surface area contributed by atoms with Crippen molar-refractivity contribution < 1.29 is 4.39 Å². The third kappa shape index (κ3) is 3.38. The number of nitrogens with zero attached hydrogens (tertiary/aromatic N) is 2. The van der Waals surface area contributed by atoms with E-state index < -0.39 is 0 Å². The number of aromatic nitrogens is 2. The molecule has 0 aliphatic carbocycles. The van der Waals surface area contributed by atoms with Crippen LogP contribution in [0.15, 0.2) is 30.6 Å². The first kappa shape index (κ1) is 15.0. The normalized spacial score (nSPS) is 12.6. The van der Waals surface area contributed by atoms with Crippen LogP contribution in [0.1, 0.15) is 31.3 Å². The predicted octanol–water partition coefficient (Wildman–Crippen LogP) is 3.59. The quantitative estimate of drug-likeness (QED) is 0.882. The van der Waals surface area contributed by atoms with Crippen molar-refractivity contribution in [2.75, 3.05) is 6.54 Å². The van der Waals surface area contributed by atoms with Crippen LogP contribution in [0.5, 0.6) is 0 Å². The molecule has 0 saturated carbocycles. The Morgan fingerprint density at radius 1 is 1.40 bits per heavy atom. The Bertz CT molecular complexity index is 568. The average molecular weight is 296 g/mol. The summed E-state index contributed by atoms with van der Waals surface area (Å²) in [5.41, 5.74) is 0.588. The third-order valence-electron chi connectivity index (χ3n) is 3.31. The van der Waals surface area contributed by atoms with Crippen LogP contribution >= 0.6 is 11.6 Å². The van der Waals surface area contributed by atoms with E-state index in [-0.39, 0.29) is 11.9 Å². The van der Waals surface area contributed by atoms with Crippen LogP contribution in [-0.2, 0) is 13.0 Å². The van der Waals surface area contributed by atoms with Gasteiger partial charge in [-0.25, -0.2) is 9.37 Å². The van der Waals surface area contributed by atoms with Crippen LogP contribution in [0, 0.1) is 5.82 Å². The van der Waals surface area contributed by atoms with Crippen molar-refractivity contribution in [1.82, 2.24) is 14.9 Å². The summed E-state index contributed by atoms with van der Waals surface area (Å²) in [5.74, 6) is 0.702. The second-order valence-electron chi connectivity index (χ2n) is 4.61. The van der Waals surface area contributed by atoms with Gasteiger partial charge < -0.3 is 9.88 Å². The number of hydrogen-bond acceptors (Lipinski definition) is 2. The van der Waals surface area contributed by atoms with Crippen molar-refractivity contribution in [3.63, 3.8) is 0 Å². The lowest BCUT2D eigenvalue weighted by Gasteiger charge is -2.19. The molecule has 1 aromatic heterocycles. The molecule has 3 nitrogen and oxygen atoms in total. The van der Waals surface area contributed by atoms with Gasteiger partial charge in [0.05, 0.1) is 0 Å². The Morgan fingerprint density at radius 2 is 2.20 bits per heavy atom. The van der Waals surface area contributed by atoms with Crippen molar-refractivity contribution in [1.29, 1.82) is 0 Å². The van der Waals surface area contributed by atoms with E-state index in [1.54, 1.807) is 18.3 Å². The first-order chi connectivity index (χ1) is 9.65. The van der Waals surface area contributed by atoms with Crippen LogP contribution in [0.4, 0.5) is 4.39 Å². The molecule has 1 atom stereocenters. The highest BCUT2D eigenvalue weighted by Crippen LogP contribution is 2.24. The molecule has 0 amide bonds. The highest BCUT2D eigenvalue weighted by Gasteiger charge is 2.18. The van der Waals surface area contributed by atoms with E-state index in [4.69, 9.17) is 11.6 Å². The largest absolute Gasteiger partial charge is 0.335 e. The molecule has 1 heterocycles. The molecular weight excluding hydrogens is 277 g/mol. The lowest BCUT2D eigenvalue weighted by atomic mass is 10.0. The van der Waals surface area contributed by atoms with Gasteiger partial charge in [-0.3, -0.25) is 0 Å². The van der Waals surface area contributed by atoms with E-state index in [0.29, 0.717) is 17.0 Å². The molecule has 0 aliphatic rings. The highest BCUT2D eigenvalue weighted by molar-refractivity contribution is 6.30. The number of aryl methyl sites for hydroxylation is 1. The van der Waals surface area contributed by atoms with Crippen LogP contribution in [0.2, 0.25) is 5.02 Å². The van der Waals surface area contributed by atoms with Crippen molar-refractivity contribution in [3.05, 3.63) is 52.8 Å². The molecule has 1 N–H and O–H groups in total. The SMILES string of the molecule is CCNC(Cc1nccn1CC)c1cc(Cl)ccc1F. The topological polar surface area (TPSA) is 29.9 Å². The minimum Gasteiger partial charge on any atom is -0.335 e. The summed E-state index contributed by atoms with van der Waals surface area (Å²) in [5, 5.41) is 3.85. The standard InChI is InChI=1S/C15H19ClFN3/c1-3-18-14(10-15-19-7-8-20(15)4-2)12-9-11(16)5-6-13(12)17/h5-9,14,18H,3-4,10H2,1-2H3. The van der Waals surface area contributed by atoms with Crippen LogP contribution in [-0.4, -0.2) is 16.1 Å². The summed E-state index contributed by atoms with van der Waals surface area (Å²) in [6.45, 7) is 5.67. The Kier molecular flexibility index (Phi) is 5.15. The molecular formula is C15H19ClFN3. The fraction of sp³-hybridized carbons (Fsp3) is 0.400. The summed E-state index contributed by atoms with van der Waals surface area (Å²) in [4.78, 5) is 4.35. The van der Waals surface area contributed by atoms with E-state index in [1.807, 2.05) is 13.1 Å². The molecule has 20 heavy (non-hydrogen) atoms.